The highest BCUT2D eigenvalue weighted by atomic mass is 32.2. The predicted molar refractivity (Wildman–Crippen MR) is 118 cm³/mol. The van der Waals surface area contributed by atoms with E-state index in [9.17, 15) is 18.0 Å². The maximum Gasteiger partial charge on any atom is 0.247 e. The molecule has 1 heterocycles. The Balaban J connectivity index is 1.61. The number of nitrogens with one attached hydrogen (secondary N) is 1. The van der Waals surface area contributed by atoms with E-state index in [1.807, 2.05) is 18.2 Å². The number of nitrogens with zero attached hydrogens (tertiary/aromatic N) is 2. The number of amides is 2. The summed E-state index contributed by atoms with van der Waals surface area (Å²) < 4.78 is 32.9. The molecule has 32 heavy (non-hydrogen) atoms. The Labute approximate surface area is 188 Å². The largest absolute Gasteiger partial charge is 0.496 e. The normalized spacial score (nSPS) is 21.9. The van der Waals surface area contributed by atoms with Crippen molar-refractivity contribution in [3.05, 3.63) is 60.2 Å². The summed E-state index contributed by atoms with van der Waals surface area (Å²) in [5.41, 5.74) is -0.527. The quantitative estimate of drug-likeness (QED) is 0.684. The van der Waals surface area contributed by atoms with Gasteiger partial charge in [0.25, 0.3) is 0 Å². The lowest BCUT2D eigenvalue weighted by atomic mass is 9.95. The number of sulfonamides is 1. The van der Waals surface area contributed by atoms with Gasteiger partial charge in [0.2, 0.25) is 21.8 Å². The monoisotopic (exact) mass is 457 g/mol. The summed E-state index contributed by atoms with van der Waals surface area (Å²) in [4.78, 5) is 28.2. The maximum absolute atomic E-state index is 13.4. The lowest BCUT2D eigenvalue weighted by Gasteiger charge is -2.47. The fraction of sp³-hybridized carbons (Fsp3) is 0.391. The second-order valence-electron chi connectivity index (χ2n) is 8.35. The molecule has 1 aliphatic carbocycles. The summed E-state index contributed by atoms with van der Waals surface area (Å²) in [5.74, 6) is -0.102. The molecule has 0 spiro atoms. The first-order valence-electron chi connectivity index (χ1n) is 10.5. The van der Waals surface area contributed by atoms with E-state index in [4.69, 9.17) is 4.74 Å². The summed E-state index contributed by atoms with van der Waals surface area (Å²) in [6.07, 6.45) is 1.62. The molecule has 1 aliphatic heterocycles. The summed E-state index contributed by atoms with van der Waals surface area (Å²) >= 11 is 0. The maximum atomic E-state index is 13.4. The van der Waals surface area contributed by atoms with Crippen molar-refractivity contribution in [1.29, 1.82) is 0 Å². The molecule has 0 bridgehead atoms. The number of rotatable bonds is 7. The molecule has 1 N–H and O–H groups in total. The molecule has 1 saturated carbocycles. The zero-order valence-corrected chi connectivity index (χ0v) is 19.0. The van der Waals surface area contributed by atoms with Gasteiger partial charge in [-0.2, -0.15) is 4.31 Å². The van der Waals surface area contributed by atoms with Crippen LogP contribution in [0.4, 0.5) is 0 Å². The molecule has 1 unspecified atom stereocenters. The molecular weight excluding hydrogens is 430 g/mol. The highest BCUT2D eigenvalue weighted by Crippen LogP contribution is 2.37. The Morgan fingerprint density at radius 2 is 1.78 bits per heavy atom. The number of hydrogen-bond acceptors (Lipinski definition) is 5. The van der Waals surface area contributed by atoms with Gasteiger partial charge in [0.15, 0.2) is 0 Å². The summed E-state index contributed by atoms with van der Waals surface area (Å²) in [6, 6.07) is 15.3. The Morgan fingerprint density at radius 1 is 1.12 bits per heavy atom. The molecule has 0 radical (unpaired) electrons. The fourth-order valence-corrected chi connectivity index (χ4v) is 5.73. The third-order valence-electron chi connectivity index (χ3n) is 6.01. The predicted octanol–water partition coefficient (Wildman–Crippen LogP) is 1.77. The molecule has 2 fully saturated rings. The van der Waals surface area contributed by atoms with Gasteiger partial charge in [-0.1, -0.05) is 36.4 Å². The average Bonchev–Trinajstić information content (AvgIpc) is 3.62. The van der Waals surface area contributed by atoms with Gasteiger partial charge >= 0.3 is 0 Å². The van der Waals surface area contributed by atoms with Gasteiger partial charge in [-0.3, -0.25) is 9.59 Å². The number of ether oxygens (including phenoxy) is 1. The van der Waals surface area contributed by atoms with Crippen LogP contribution in [0.1, 0.15) is 25.3 Å². The molecule has 8 nitrogen and oxygen atoms in total. The van der Waals surface area contributed by atoms with Crippen molar-refractivity contribution >= 4 is 21.8 Å². The van der Waals surface area contributed by atoms with E-state index < -0.39 is 21.5 Å². The van der Waals surface area contributed by atoms with Gasteiger partial charge in [-0.05, 0) is 38.0 Å². The van der Waals surface area contributed by atoms with Crippen LogP contribution in [0, 0.1) is 0 Å². The first-order chi connectivity index (χ1) is 15.3. The Hall–Kier alpha value is -2.91. The zero-order chi connectivity index (χ0) is 22.9. The van der Waals surface area contributed by atoms with Crippen LogP contribution >= 0.6 is 0 Å². The Morgan fingerprint density at radius 3 is 2.44 bits per heavy atom. The molecule has 2 aromatic carbocycles. The van der Waals surface area contributed by atoms with E-state index in [-0.39, 0.29) is 36.5 Å². The van der Waals surface area contributed by atoms with Crippen molar-refractivity contribution in [2.75, 3.05) is 20.2 Å². The molecular formula is C23H27N3O5S. The zero-order valence-electron chi connectivity index (χ0n) is 18.2. The minimum absolute atomic E-state index is 0.0360. The van der Waals surface area contributed by atoms with E-state index in [1.165, 1.54) is 12.1 Å². The molecule has 0 aromatic heterocycles. The second-order valence-corrected chi connectivity index (χ2v) is 10.3. The minimum atomic E-state index is -3.92. The van der Waals surface area contributed by atoms with Crippen LogP contribution in [0.2, 0.25) is 0 Å². The van der Waals surface area contributed by atoms with Crippen molar-refractivity contribution in [3.8, 4) is 5.75 Å². The number of carbonyl (C=O) groups is 2. The first-order valence-corrected chi connectivity index (χ1v) is 12.0. The average molecular weight is 458 g/mol. The Bertz CT molecular complexity index is 1120. The van der Waals surface area contributed by atoms with E-state index >= 15 is 0 Å². The Kier molecular flexibility index (Phi) is 5.96. The van der Waals surface area contributed by atoms with Gasteiger partial charge in [0.05, 0.1) is 18.6 Å². The smallest absolute Gasteiger partial charge is 0.247 e. The van der Waals surface area contributed by atoms with E-state index in [2.05, 4.69) is 5.32 Å². The topological polar surface area (TPSA) is 96.0 Å². The van der Waals surface area contributed by atoms with Crippen LogP contribution in [-0.4, -0.2) is 61.2 Å². The first kappa shape index (κ1) is 22.3. The number of benzene rings is 2. The number of hydrogen-bond donors (Lipinski definition) is 1. The molecule has 1 saturated heterocycles. The van der Waals surface area contributed by atoms with E-state index in [0.717, 1.165) is 22.7 Å². The van der Waals surface area contributed by atoms with Crippen LogP contribution in [0.3, 0.4) is 0 Å². The number of methoxy groups -OCH3 is 1. The number of carbonyl (C=O) groups excluding carboxylic acids is 2. The molecule has 2 aromatic rings. The molecule has 1 atom stereocenters. The number of para-hydroxylation sites is 1. The molecule has 2 amide bonds. The van der Waals surface area contributed by atoms with E-state index in [0.29, 0.717) is 5.75 Å². The molecule has 4 rings (SSSR count). The van der Waals surface area contributed by atoms with Crippen molar-refractivity contribution in [3.63, 3.8) is 0 Å². The van der Waals surface area contributed by atoms with Crippen LogP contribution < -0.4 is 10.1 Å². The molecule has 170 valence electrons. The summed E-state index contributed by atoms with van der Waals surface area (Å²) in [5, 5.41) is 2.89. The van der Waals surface area contributed by atoms with E-state index in [1.54, 1.807) is 43.2 Å². The third kappa shape index (κ3) is 4.10. The van der Waals surface area contributed by atoms with Crippen molar-refractivity contribution in [2.45, 2.75) is 42.8 Å². The van der Waals surface area contributed by atoms with Crippen molar-refractivity contribution < 1.29 is 22.7 Å². The van der Waals surface area contributed by atoms with Gasteiger partial charge in [0, 0.05) is 24.7 Å². The SMILES string of the molecule is COc1ccccc1CNC(=O)C1(C)CN(S(=O)(=O)c2ccccc2)CC(=O)N1C1CC1. The number of piperazine rings is 1. The highest BCUT2D eigenvalue weighted by molar-refractivity contribution is 7.89. The fourth-order valence-electron chi connectivity index (χ4n) is 4.22. The third-order valence-corrected chi connectivity index (χ3v) is 7.82. The van der Waals surface area contributed by atoms with Crippen molar-refractivity contribution in [1.82, 2.24) is 14.5 Å². The van der Waals surface area contributed by atoms with Gasteiger partial charge < -0.3 is 15.0 Å². The summed E-state index contributed by atoms with van der Waals surface area (Å²) in [7, 11) is -2.36. The van der Waals surface area contributed by atoms with Crippen LogP contribution in [-0.2, 0) is 26.2 Å². The minimum Gasteiger partial charge on any atom is -0.496 e. The van der Waals surface area contributed by atoms with Crippen LogP contribution in [0.25, 0.3) is 0 Å². The van der Waals surface area contributed by atoms with Crippen LogP contribution in [0.5, 0.6) is 5.75 Å². The van der Waals surface area contributed by atoms with Gasteiger partial charge in [-0.25, -0.2) is 8.42 Å². The lowest BCUT2D eigenvalue weighted by Crippen LogP contribution is -2.70. The van der Waals surface area contributed by atoms with Crippen LogP contribution in [0.15, 0.2) is 59.5 Å². The summed E-state index contributed by atoms with van der Waals surface area (Å²) in [6.45, 7) is 1.47. The standard InChI is InChI=1S/C23H27N3O5S/c1-23(22(28)24-14-17-8-6-7-11-20(17)31-2)16-25(15-21(27)26(23)18-12-13-18)32(29,30)19-9-4-3-5-10-19/h3-11,18H,12-16H2,1-2H3,(H,24,28). The van der Waals surface area contributed by atoms with Gasteiger partial charge in [0.1, 0.15) is 11.3 Å². The molecule has 9 heteroatoms. The molecule has 2 aliphatic rings. The van der Waals surface area contributed by atoms with Gasteiger partial charge in [-0.15, -0.1) is 0 Å². The van der Waals surface area contributed by atoms with Crippen molar-refractivity contribution in [2.24, 2.45) is 0 Å². The second kappa shape index (κ2) is 8.55. The highest BCUT2D eigenvalue weighted by Gasteiger charge is 2.54. The lowest BCUT2D eigenvalue weighted by molar-refractivity contribution is -0.153.